The highest BCUT2D eigenvalue weighted by atomic mass is 16.5. The minimum absolute atomic E-state index is 0.0260. The van der Waals surface area contributed by atoms with Crippen molar-refractivity contribution in [2.45, 2.75) is 90.1 Å². The van der Waals surface area contributed by atoms with Gasteiger partial charge in [0, 0.05) is 0 Å². The van der Waals surface area contributed by atoms with Crippen LogP contribution in [0, 0.1) is 29.1 Å². The molecular formula is C22H36N2O3. The Labute approximate surface area is 163 Å². The Balaban J connectivity index is 1.27. The van der Waals surface area contributed by atoms with Crippen LogP contribution in [-0.4, -0.2) is 24.0 Å². The summed E-state index contributed by atoms with van der Waals surface area (Å²) in [6, 6.07) is 0. The molecule has 0 heterocycles. The Morgan fingerprint density at radius 1 is 0.926 bits per heavy atom. The first-order valence-corrected chi connectivity index (χ1v) is 11.1. The van der Waals surface area contributed by atoms with Gasteiger partial charge < -0.3 is 4.74 Å². The molecule has 5 aliphatic carbocycles. The summed E-state index contributed by atoms with van der Waals surface area (Å²) in [6.45, 7) is 4.22. The second-order valence-electron chi connectivity index (χ2n) is 10.4. The molecule has 5 heteroatoms. The average molecular weight is 377 g/mol. The van der Waals surface area contributed by atoms with Gasteiger partial charge in [0.15, 0.2) is 0 Å². The van der Waals surface area contributed by atoms with Crippen molar-refractivity contribution in [2.75, 3.05) is 6.61 Å². The minimum atomic E-state index is -0.924. The molecule has 0 aromatic carbocycles. The fraction of sp³-hybridized carbons (Fsp3) is 0.909. The first-order valence-electron chi connectivity index (χ1n) is 11.1. The summed E-state index contributed by atoms with van der Waals surface area (Å²) in [5, 5.41) is 0. The molecular weight excluding hydrogens is 340 g/mol. The molecule has 27 heavy (non-hydrogen) atoms. The van der Waals surface area contributed by atoms with E-state index >= 15 is 0 Å². The van der Waals surface area contributed by atoms with Gasteiger partial charge in [-0.2, -0.15) is 0 Å². The number of nitrogens with one attached hydrogen (secondary N) is 2. The Morgan fingerprint density at radius 3 is 2.04 bits per heavy atom. The average Bonchev–Trinajstić information content (AvgIpc) is 2.64. The summed E-state index contributed by atoms with van der Waals surface area (Å²) in [4.78, 5) is 25.6. The number of rotatable bonds is 5. The molecule has 2 amide bonds. The van der Waals surface area contributed by atoms with E-state index in [-0.39, 0.29) is 17.2 Å². The zero-order chi connectivity index (χ0) is 19.1. The normalized spacial score (nSPS) is 35.9. The maximum absolute atomic E-state index is 13.0. The number of amides is 2. The number of carbonyl (C=O) groups excluding carboxylic acids is 2. The quantitative estimate of drug-likeness (QED) is 0.719. The SMILES string of the molecule is CC(C)(OCC1CCCCC1)C(=O)NNC(=O)C12CC3CC(CC(C3)C1)C2. The molecule has 0 aromatic rings. The van der Waals surface area contributed by atoms with Gasteiger partial charge in [-0.3, -0.25) is 20.4 Å². The van der Waals surface area contributed by atoms with Crippen molar-refractivity contribution >= 4 is 11.8 Å². The molecule has 0 spiro atoms. The summed E-state index contributed by atoms with van der Waals surface area (Å²) in [5.41, 5.74) is 4.27. The van der Waals surface area contributed by atoms with Gasteiger partial charge in [0.1, 0.15) is 5.60 Å². The highest BCUT2D eigenvalue weighted by Crippen LogP contribution is 2.60. The summed E-state index contributed by atoms with van der Waals surface area (Å²) >= 11 is 0. The van der Waals surface area contributed by atoms with Gasteiger partial charge in [-0.05, 0) is 88.9 Å². The van der Waals surface area contributed by atoms with E-state index in [2.05, 4.69) is 10.9 Å². The van der Waals surface area contributed by atoms with Gasteiger partial charge in [-0.15, -0.1) is 0 Å². The predicted molar refractivity (Wildman–Crippen MR) is 103 cm³/mol. The number of carbonyl (C=O) groups is 2. The lowest BCUT2D eigenvalue weighted by Crippen LogP contribution is -2.59. The first-order chi connectivity index (χ1) is 12.9. The summed E-state index contributed by atoms with van der Waals surface area (Å²) < 4.78 is 5.95. The first kappa shape index (κ1) is 19.2. The third-order valence-corrected chi connectivity index (χ3v) is 7.76. The number of hydrogen-bond acceptors (Lipinski definition) is 3. The minimum Gasteiger partial charge on any atom is -0.365 e. The van der Waals surface area contributed by atoms with E-state index < -0.39 is 5.60 Å². The third kappa shape index (κ3) is 4.03. The van der Waals surface area contributed by atoms with Crippen LogP contribution in [0.5, 0.6) is 0 Å². The van der Waals surface area contributed by atoms with Crippen molar-refractivity contribution in [2.24, 2.45) is 29.1 Å². The molecule has 5 fully saturated rings. The van der Waals surface area contributed by atoms with E-state index in [4.69, 9.17) is 4.74 Å². The van der Waals surface area contributed by atoms with Crippen molar-refractivity contribution in [1.29, 1.82) is 0 Å². The van der Waals surface area contributed by atoms with Gasteiger partial charge in [-0.25, -0.2) is 0 Å². The molecule has 5 saturated carbocycles. The highest BCUT2D eigenvalue weighted by Gasteiger charge is 2.54. The summed E-state index contributed by atoms with van der Waals surface area (Å²) in [5.74, 6) is 2.48. The Hall–Kier alpha value is -1.10. The fourth-order valence-corrected chi connectivity index (χ4v) is 6.53. The Bertz CT molecular complexity index is 545. The molecule has 0 atom stereocenters. The van der Waals surface area contributed by atoms with E-state index in [9.17, 15) is 9.59 Å². The number of ether oxygens (including phenoxy) is 1. The van der Waals surface area contributed by atoms with Crippen molar-refractivity contribution in [1.82, 2.24) is 10.9 Å². The van der Waals surface area contributed by atoms with Crippen molar-refractivity contribution < 1.29 is 14.3 Å². The van der Waals surface area contributed by atoms with Crippen molar-refractivity contribution in [3.8, 4) is 0 Å². The standard InChI is InChI=1S/C22H36N2O3/c1-21(2,27-14-15-6-4-3-5-7-15)19(25)23-24-20(26)22-11-16-8-17(12-22)10-18(9-16)13-22/h15-18H,3-14H2,1-2H3,(H,23,25)(H,24,26). The van der Waals surface area contributed by atoms with Crippen molar-refractivity contribution in [3.05, 3.63) is 0 Å². The van der Waals surface area contributed by atoms with Gasteiger partial charge in [0.05, 0.1) is 12.0 Å². The Morgan fingerprint density at radius 2 is 1.48 bits per heavy atom. The number of hydrogen-bond donors (Lipinski definition) is 2. The Kier molecular flexibility index (Phi) is 5.26. The van der Waals surface area contributed by atoms with Crippen LogP contribution in [0.4, 0.5) is 0 Å². The molecule has 0 unspecified atom stereocenters. The fourth-order valence-electron chi connectivity index (χ4n) is 6.53. The lowest BCUT2D eigenvalue weighted by Gasteiger charge is -2.55. The maximum atomic E-state index is 13.0. The zero-order valence-electron chi connectivity index (χ0n) is 17.0. The maximum Gasteiger partial charge on any atom is 0.270 e. The van der Waals surface area contributed by atoms with Crippen LogP contribution >= 0.6 is 0 Å². The molecule has 2 N–H and O–H groups in total. The molecule has 5 rings (SSSR count). The van der Waals surface area contributed by atoms with E-state index in [1.807, 2.05) is 0 Å². The van der Waals surface area contributed by atoms with Crippen LogP contribution in [0.1, 0.15) is 84.5 Å². The molecule has 0 saturated heterocycles. The van der Waals surface area contributed by atoms with Crippen LogP contribution < -0.4 is 10.9 Å². The molecule has 5 aliphatic rings. The topological polar surface area (TPSA) is 67.4 Å². The predicted octanol–water partition coefficient (Wildman–Crippen LogP) is 3.73. The van der Waals surface area contributed by atoms with E-state index in [0.29, 0.717) is 30.3 Å². The molecule has 4 bridgehead atoms. The summed E-state index contributed by atoms with van der Waals surface area (Å²) in [6.07, 6.45) is 13.2. The van der Waals surface area contributed by atoms with Gasteiger partial charge in [0.2, 0.25) is 5.91 Å². The molecule has 0 aromatic heterocycles. The van der Waals surface area contributed by atoms with Crippen LogP contribution in [0.3, 0.4) is 0 Å². The second kappa shape index (κ2) is 7.38. The summed E-state index contributed by atoms with van der Waals surface area (Å²) in [7, 11) is 0. The van der Waals surface area contributed by atoms with Gasteiger partial charge in [-0.1, -0.05) is 19.3 Å². The van der Waals surface area contributed by atoms with Crippen LogP contribution in [-0.2, 0) is 14.3 Å². The second-order valence-corrected chi connectivity index (χ2v) is 10.4. The lowest BCUT2D eigenvalue weighted by atomic mass is 9.49. The zero-order valence-corrected chi connectivity index (χ0v) is 17.0. The van der Waals surface area contributed by atoms with E-state index in [0.717, 1.165) is 19.3 Å². The highest BCUT2D eigenvalue weighted by molar-refractivity contribution is 5.89. The molecule has 0 radical (unpaired) electrons. The molecule has 5 nitrogen and oxygen atoms in total. The van der Waals surface area contributed by atoms with Crippen LogP contribution in [0.2, 0.25) is 0 Å². The smallest absolute Gasteiger partial charge is 0.270 e. The molecule has 152 valence electrons. The van der Waals surface area contributed by atoms with E-state index in [1.165, 1.54) is 51.4 Å². The van der Waals surface area contributed by atoms with Crippen LogP contribution in [0.25, 0.3) is 0 Å². The molecule has 0 aliphatic heterocycles. The third-order valence-electron chi connectivity index (χ3n) is 7.76. The van der Waals surface area contributed by atoms with Gasteiger partial charge in [0.25, 0.3) is 5.91 Å². The van der Waals surface area contributed by atoms with Gasteiger partial charge >= 0.3 is 0 Å². The monoisotopic (exact) mass is 376 g/mol. The van der Waals surface area contributed by atoms with Crippen LogP contribution in [0.15, 0.2) is 0 Å². The largest absolute Gasteiger partial charge is 0.365 e. The van der Waals surface area contributed by atoms with E-state index in [1.54, 1.807) is 13.8 Å². The lowest BCUT2D eigenvalue weighted by molar-refractivity contribution is -0.154. The van der Waals surface area contributed by atoms with Crippen molar-refractivity contribution in [3.63, 3.8) is 0 Å². The number of hydrazine groups is 1.